The molecule has 0 heterocycles. The molecule has 0 aliphatic carbocycles. The summed E-state index contributed by atoms with van der Waals surface area (Å²) in [6, 6.07) is 0. The van der Waals surface area contributed by atoms with E-state index < -0.39 is 37.3 Å². The molecule has 0 amide bonds. The Labute approximate surface area is 78.1 Å². The van der Waals surface area contributed by atoms with Gasteiger partial charge in [0.25, 0.3) is 0 Å². The summed E-state index contributed by atoms with van der Waals surface area (Å²) in [5, 5.41) is 0. The molecule has 0 spiro atoms. The third kappa shape index (κ3) is 2.31. The molecule has 0 aromatic carbocycles. The van der Waals surface area contributed by atoms with Gasteiger partial charge in [0.15, 0.2) is 0 Å². The number of hydrogen-bond donors (Lipinski definition) is 0. The van der Waals surface area contributed by atoms with E-state index in [0.717, 1.165) is 0 Å². The van der Waals surface area contributed by atoms with E-state index in [2.05, 4.69) is 0 Å². The molecule has 1 radical (unpaired) electrons. The van der Waals surface area contributed by atoms with Crippen LogP contribution in [-0.4, -0.2) is 23.9 Å². The van der Waals surface area contributed by atoms with Gasteiger partial charge in [-0.05, 0) is 0 Å². The van der Waals surface area contributed by atoms with Gasteiger partial charge in [-0.25, -0.2) is 4.39 Å². The summed E-state index contributed by atoms with van der Waals surface area (Å²) in [5.74, 6) is -17.7. The maximum atomic E-state index is 12.2. The van der Waals surface area contributed by atoms with Crippen molar-refractivity contribution in [2.24, 2.45) is 0 Å². The summed E-state index contributed by atoms with van der Waals surface area (Å²) in [4.78, 5) is 0. The largest absolute Gasteiger partial charge is 0.374 e. The van der Waals surface area contributed by atoms with Crippen molar-refractivity contribution in [2.45, 2.75) is 30.9 Å². The van der Waals surface area contributed by atoms with Crippen LogP contribution in [0.3, 0.4) is 0 Å². The van der Waals surface area contributed by atoms with Gasteiger partial charge in [0.05, 0.1) is 0 Å². The Hall–Kier alpha value is -0.630. The molecule has 0 aromatic rings. The molecule has 0 nitrogen and oxygen atoms in total. The molecule has 0 N–H and O–H groups in total. The van der Waals surface area contributed by atoms with Crippen LogP contribution in [0, 0.1) is 6.43 Å². The zero-order valence-electron chi connectivity index (χ0n) is 6.98. The molecular formula is C6H4F9. The minimum atomic E-state index is -6.21. The molecule has 0 bridgehead atoms. The molecule has 0 aliphatic rings. The minimum Gasteiger partial charge on any atom is -0.234 e. The van der Waals surface area contributed by atoms with E-state index >= 15 is 0 Å². The summed E-state index contributed by atoms with van der Waals surface area (Å²) < 4.78 is 108. The summed E-state index contributed by atoms with van der Waals surface area (Å²) in [5.41, 5.74) is 0. The first kappa shape index (κ1) is 14.4. The molecule has 1 atom stereocenters. The van der Waals surface area contributed by atoms with Crippen LogP contribution in [0.2, 0.25) is 0 Å². The van der Waals surface area contributed by atoms with Gasteiger partial charge in [0.2, 0.25) is 6.17 Å². The second-order valence-electron chi connectivity index (χ2n) is 2.74. The molecule has 0 aliphatic heterocycles. The Morgan fingerprint density at radius 1 is 0.933 bits per heavy atom. The van der Waals surface area contributed by atoms with Crippen molar-refractivity contribution in [3.8, 4) is 0 Å². The van der Waals surface area contributed by atoms with Crippen LogP contribution >= 0.6 is 0 Å². The number of alkyl halides is 7. The quantitative estimate of drug-likeness (QED) is 0.665. The van der Waals surface area contributed by atoms with Crippen molar-refractivity contribution < 1.29 is 39.5 Å². The maximum absolute atomic E-state index is 12.2. The van der Waals surface area contributed by atoms with Crippen molar-refractivity contribution in [1.82, 2.24) is 0 Å². The highest BCUT2D eigenvalue weighted by Crippen LogP contribution is 2.49. The summed E-state index contributed by atoms with van der Waals surface area (Å²) in [6.07, 6.45) is -8.43. The van der Waals surface area contributed by atoms with E-state index in [1.807, 2.05) is 0 Å². The Morgan fingerprint density at radius 3 is 1.47 bits per heavy atom. The topological polar surface area (TPSA) is 0 Å². The molecule has 0 fully saturated rings. The first-order valence-corrected chi connectivity index (χ1v) is 3.31. The van der Waals surface area contributed by atoms with Crippen molar-refractivity contribution in [3.05, 3.63) is 6.43 Å². The standard InChI is InChI=1S/C6H4F9/c1-4(10,11)6(14,15)5(12,13)2(7)3(8)9/h2H,1H3. The van der Waals surface area contributed by atoms with E-state index in [4.69, 9.17) is 0 Å². The lowest BCUT2D eigenvalue weighted by molar-refractivity contribution is -0.321. The molecule has 0 aromatic heterocycles. The van der Waals surface area contributed by atoms with E-state index in [1.165, 1.54) is 0 Å². The van der Waals surface area contributed by atoms with Gasteiger partial charge in [-0.15, -0.1) is 0 Å². The molecule has 91 valence electrons. The molecule has 9 heteroatoms. The second kappa shape index (κ2) is 3.75. The normalized spacial score (nSPS) is 17.0. The monoisotopic (exact) mass is 247 g/mol. The zero-order valence-corrected chi connectivity index (χ0v) is 6.98. The lowest BCUT2D eigenvalue weighted by Gasteiger charge is -2.31. The Bertz CT molecular complexity index is 215. The zero-order chi connectivity index (χ0) is 12.7. The fourth-order valence-electron chi connectivity index (χ4n) is 0.589. The first-order valence-electron chi connectivity index (χ1n) is 3.31. The predicted molar refractivity (Wildman–Crippen MR) is 30.9 cm³/mol. The fourth-order valence-corrected chi connectivity index (χ4v) is 0.589. The van der Waals surface area contributed by atoms with Crippen molar-refractivity contribution in [3.63, 3.8) is 0 Å². The lowest BCUT2D eigenvalue weighted by atomic mass is 10.0. The van der Waals surface area contributed by atoms with E-state index in [0.29, 0.717) is 0 Å². The third-order valence-electron chi connectivity index (χ3n) is 1.48. The smallest absolute Gasteiger partial charge is 0.234 e. The fraction of sp³-hybridized carbons (Fsp3) is 0.833. The maximum Gasteiger partial charge on any atom is 0.374 e. The van der Waals surface area contributed by atoms with Gasteiger partial charge in [-0.3, -0.25) is 0 Å². The van der Waals surface area contributed by atoms with Crippen LogP contribution in [0.1, 0.15) is 6.92 Å². The highest BCUT2D eigenvalue weighted by molar-refractivity contribution is 5.02. The minimum absolute atomic E-state index is 0.621. The van der Waals surface area contributed by atoms with Gasteiger partial charge < -0.3 is 0 Å². The Balaban J connectivity index is 5.19. The molecule has 0 rings (SSSR count). The van der Waals surface area contributed by atoms with Crippen molar-refractivity contribution in [1.29, 1.82) is 0 Å². The Morgan fingerprint density at radius 2 is 1.27 bits per heavy atom. The van der Waals surface area contributed by atoms with Crippen LogP contribution in [-0.2, 0) is 0 Å². The molecule has 1 unspecified atom stereocenters. The van der Waals surface area contributed by atoms with Gasteiger partial charge in [-0.2, -0.15) is 35.1 Å². The van der Waals surface area contributed by atoms with Crippen molar-refractivity contribution in [2.75, 3.05) is 0 Å². The van der Waals surface area contributed by atoms with Gasteiger partial charge in [0, 0.05) is 6.92 Å². The predicted octanol–water partition coefficient (Wildman–Crippen LogP) is 3.68. The van der Waals surface area contributed by atoms with Crippen LogP contribution in [0.5, 0.6) is 0 Å². The number of rotatable bonds is 4. The summed E-state index contributed by atoms with van der Waals surface area (Å²) in [7, 11) is 0. The highest BCUT2D eigenvalue weighted by Gasteiger charge is 2.74. The Kier molecular flexibility index (Phi) is 3.59. The number of halogens is 9. The molecule has 0 saturated heterocycles. The van der Waals surface area contributed by atoms with Crippen LogP contribution in [0.25, 0.3) is 0 Å². The van der Waals surface area contributed by atoms with Crippen LogP contribution in [0.4, 0.5) is 39.5 Å². The number of hydrogen-bond acceptors (Lipinski definition) is 0. The first-order chi connectivity index (χ1) is 6.35. The van der Waals surface area contributed by atoms with E-state index in [9.17, 15) is 39.5 Å². The van der Waals surface area contributed by atoms with Crippen LogP contribution in [0.15, 0.2) is 0 Å². The molecule has 15 heavy (non-hydrogen) atoms. The van der Waals surface area contributed by atoms with Gasteiger partial charge in [0.1, 0.15) is 0 Å². The van der Waals surface area contributed by atoms with E-state index in [-0.39, 0.29) is 0 Å². The average molecular weight is 247 g/mol. The average Bonchev–Trinajstić information content (AvgIpc) is 2.00. The summed E-state index contributed by atoms with van der Waals surface area (Å²) >= 11 is 0. The third-order valence-corrected chi connectivity index (χ3v) is 1.48. The van der Waals surface area contributed by atoms with Crippen LogP contribution < -0.4 is 0 Å². The molecular weight excluding hydrogens is 243 g/mol. The second-order valence-corrected chi connectivity index (χ2v) is 2.74. The van der Waals surface area contributed by atoms with Crippen molar-refractivity contribution >= 4 is 0 Å². The lowest BCUT2D eigenvalue weighted by Crippen LogP contribution is -2.57. The SMILES string of the molecule is CC(F)(F)C(F)(F)C(F)(F)C(F)[C](F)F. The molecule has 0 saturated carbocycles. The summed E-state index contributed by atoms with van der Waals surface area (Å²) in [6.45, 7) is -0.621. The van der Waals surface area contributed by atoms with Gasteiger partial charge >= 0.3 is 24.2 Å². The van der Waals surface area contributed by atoms with E-state index in [1.54, 1.807) is 0 Å². The highest BCUT2D eigenvalue weighted by atomic mass is 19.3. The van der Waals surface area contributed by atoms with Gasteiger partial charge in [-0.1, -0.05) is 0 Å².